The number of methoxy groups -OCH3 is 1. The van der Waals surface area contributed by atoms with Crippen LogP contribution in [-0.4, -0.2) is 13.1 Å². The Bertz CT molecular complexity index is 701. The van der Waals surface area contributed by atoms with Crippen molar-refractivity contribution in [3.05, 3.63) is 97.2 Å². The minimum atomic E-state index is -2.23. The molecule has 3 aromatic carbocycles. The summed E-state index contributed by atoms with van der Waals surface area (Å²) >= 11 is 1.75. The van der Waals surface area contributed by atoms with E-state index in [1.807, 2.05) is 54.6 Å². The molecule has 26 heavy (non-hydrogen) atoms. The molecule has 5 heteroatoms. The molecule has 3 rings (SSSR count). The first-order valence-electron chi connectivity index (χ1n) is 7.88. The van der Waals surface area contributed by atoms with Crippen molar-refractivity contribution >= 4 is 38.3 Å². The SMILES string of the molecule is COC(=O)[CH-][P+](c1ccccc1)(c1ccccc1)c1ccccc1.[Cl][Au]. The zero-order valence-electron chi connectivity index (χ0n) is 14.2. The third kappa shape index (κ3) is 4.59. The fourth-order valence-electron chi connectivity index (χ4n) is 2.87. The van der Waals surface area contributed by atoms with Crippen molar-refractivity contribution in [2.45, 2.75) is 0 Å². The van der Waals surface area contributed by atoms with E-state index in [0.29, 0.717) is 0 Å². The van der Waals surface area contributed by atoms with Crippen LogP contribution < -0.4 is 15.9 Å². The zero-order chi connectivity index (χ0) is 18.8. The van der Waals surface area contributed by atoms with Gasteiger partial charge < -0.3 is 4.74 Å². The molecule has 138 valence electrons. The monoisotopic (exact) mass is 566 g/mol. The number of hydrogen-bond donors (Lipinski definition) is 0. The molecule has 0 aliphatic heterocycles. The summed E-state index contributed by atoms with van der Waals surface area (Å²) in [5.74, 6) is -0.306. The quantitative estimate of drug-likeness (QED) is 0.202. The van der Waals surface area contributed by atoms with Crippen LogP contribution in [0.3, 0.4) is 0 Å². The maximum atomic E-state index is 12.3. The van der Waals surface area contributed by atoms with E-state index < -0.39 is 7.26 Å². The number of hydrogen-bond acceptors (Lipinski definition) is 2. The van der Waals surface area contributed by atoms with Crippen LogP contribution in [0.15, 0.2) is 91.0 Å². The molecule has 0 aromatic heterocycles. The Morgan fingerprint density at radius 2 is 1.08 bits per heavy atom. The van der Waals surface area contributed by atoms with Crippen molar-refractivity contribution < 1.29 is 29.5 Å². The molecule has 0 aliphatic carbocycles. The van der Waals surface area contributed by atoms with Crippen molar-refractivity contribution in [2.75, 3.05) is 7.11 Å². The molecule has 0 aliphatic rings. The Morgan fingerprint density at radius 3 is 1.35 bits per heavy atom. The Balaban J connectivity index is 0.00000117. The molecule has 2 nitrogen and oxygen atoms in total. The van der Waals surface area contributed by atoms with Gasteiger partial charge in [0.25, 0.3) is 0 Å². The van der Waals surface area contributed by atoms with Crippen molar-refractivity contribution in [3.8, 4) is 0 Å². The number of carbonyl (C=O) groups excluding carboxylic acids is 1. The Labute approximate surface area is 171 Å². The van der Waals surface area contributed by atoms with Gasteiger partial charge in [-0.1, -0.05) is 54.6 Å². The van der Waals surface area contributed by atoms with Gasteiger partial charge in [0.05, 0.1) is 23.0 Å². The van der Waals surface area contributed by atoms with E-state index in [-0.39, 0.29) is 5.97 Å². The zero-order valence-corrected chi connectivity index (χ0v) is 18.0. The van der Waals surface area contributed by atoms with Gasteiger partial charge in [0.2, 0.25) is 5.97 Å². The molecule has 0 spiro atoms. The molecule has 0 amide bonds. The van der Waals surface area contributed by atoms with Crippen molar-refractivity contribution in [1.82, 2.24) is 0 Å². The van der Waals surface area contributed by atoms with E-state index in [0.717, 1.165) is 15.9 Å². The first-order chi connectivity index (χ1) is 12.8. The summed E-state index contributed by atoms with van der Waals surface area (Å²) < 4.78 is 5.00. The van der Waals surface area contributed by atoms with Crippen LogP contribution >= 0.6 is 16.5 Å². The second kappa shape index (κ2) is 10.6. The van der Waals surface area contributed by atoms with Gasteiger partial charge in [-0.3, -0.25) is 4.79 Å². The molecule has 0 saturated heterocycles. The topological polar surface area (TPSA) is 26.3 Å². The van der Waals surface area contributed by atoms with Crippen LogP contribution in [0, 0.1) is 6.16 Å². The first kappa shape index (κ1) is 20.8. The first-order valence-corrected chi connectivity index (χ1v) is 12.4. The van der Waals surface area contributed by atoms with Crippen LogP contribution in [-0.2, 0) is 29.5 Å². The molecule has 0 N–H and O–H groups in total. The molecule has 0 atom stereocenters. The summed E-state index contributed by atoms with van der Waals surface area (Å²) in [6.45, 7) is 0. The van der Waals surface area contributed by atoms with Gasteiger partial charge >= 0.3 is 29.2 Å². The third-order valence-electron chi connectivity index (χ3n) is 3.99. The van der Waals surface area contributed by atoms with Crippen LogP contribution in [0.4, 0.5) is 0 Å². The summed E-state index contributed by atoms with van der Waals surface area (Å²) in [7, 11) is 3.78. The second-order valence-corrected chi connectivity index (χ2v) is 8.63. The maximum absolute atomic E-state index is 12.3. The van der Waals surface area contributed by atoms with Gasteiger partial charge in [-0.2, -0.15) is 0 Å². The van der Waals surface area contributed by atoms with Gasteiger partial charge in [-0.25, -0.2) is 0 Å². The molecule has 0 heterocycles. The number of ether oxygens (including phenoxy) is 1. The molecular formula is C21H19AuClO2P. The predicted octanol–water partition coefficient (Wildman–Crippen LogP) is 4.00. The number of benzene rings is 3. The predicted molar refractivity (Wildman–Crippen MR) is 107 cm³/mol. The molecule has 0 fully saturated rings. The number of esters is 1. The van der Waals surface area contributed by atoms with Gasteiger partial charge in [0, 0.05) is 7.26 Å². The Morgan fingerprint density at radius 1 is 0.769 bits per heavy atom. The fourth-order valence-corrected chi connectivity index (χ4v) is 6.56. The van der Waals surface area contributed by atoms with E-state index >= 15 is 0 Å². The molecule has 0 unspecified atom stereocenters. The molecular weight excluding hydrogens is 548 g/mol. The molecule has 3 aromatic rings. The molecule has 0 radical (unpaired) electrons. The van der Waals surface area contributed by atoms with Crippen molar-refractivity contribution in [1.29, 1.82) is 0 Å². The van der Waals surface area contributed by atoms with Crippen molar-refractivity contribution in [2.24, 2.45) is 0 Å². The van der Waals surface area contributed by atoms with E-state index in [4.69, 9.17) is 4.74 Å². The van der Waals surface area contributed by atoms with Crippen LogP contribution in [0.5, 0.6) is 0 Å². The van der Waals surface area contributed by atoms with E-state index in [1.165, 1.54) is 7.11 Å². The van der Waals surface area contributed by atoms with Gasteiger partial charge in [-0.05, 0) is 36.4 Å². The van der Waals surface area contributed by atoms with Crippen LogP contribution in [0.25, 0.3) is 0 Å². The number of halogens is 1. The normalized spacial score (nSPS) is 10.3. The summed E-state index contributed by atoms with van der Waals surface area (Å²) in [6.07, 6.45) is 1.77. The third-order valence-corrected chi connectivity index (χ3v) is 7.93. The van der Waals surface area contributed by atoms with Crippen LogP contribution in [0.2, 0.25) is 0 Å². The van der Waals surface area contributed by atoms with Crippen molar-refractivity contribution in [3.63, 3.8) is 0 Å². The number of carbonyl (C=O) groups is 1. The van der Waals surface area contributed by atoms with Crippen LogP contribution in [0.1, 0.15) is 0 Å². The van der Waals surface area contributed by atoms with Gasteiger partial charge in [0.1, 0.15) is 0 Å². The summed E-state index contributed by atoms with van der Waals surface area (Å²) in [6, 6.07) is 30.6. The Hall–Kier alpha value is -1.54. The van der Waals surface area contributed by atoms with E-state index in [2.05, 4.69) is 45.6 Å². The standard InChI is InChI=1S/C21H19O2P.Au.ClH/c1-23-21(22)17-24(18-11-5-2-6-12-18,19-13-7-3-8-14-19)20-15-9-4-10-16-20;;/h2-17H,1H3;;1H/q;+1;/p-1. The summed E-state index contributed by atoms with van der Waals surface area (Å²) in [5, 5.41) is 3.40. The van der Waals surface area contributed by atoms with E-state index in [9.17, 15) is 4.79 Å². The average Bonchev–Trinajstić information content (AvgIpc) is 2.75. The fraction of sp³-hybridized carbons (Fsp3) is 0.0476. The average molecular weight is 567 g/mol. The summed E-state index contributed by atoms with van der Waals surface area (Å²) in [4.78, 5) is 12.3. The summed E-state index contributed by atoms with van der Waals surface area (Å²) in [5.41, 5.74) is 0. The number of rotatable bonds is 5. The van der Waals surface area contributed by atoms with Gasteiger partial charge in [0.15, 0.2) is 0 Å². The molecule has 0 bridgehead atoms. The van der Waals surface area contributed by atoms with E-state index in [1.54, 1.807) is 26.1 Å². The minimum absolute atomic E-state index is 0.306. The molecule has 0 saturated carbocycles. The van der Waals surface area contributed by atoms with Gasteiger partial charge in [-0.15, -0.1) is 6.16 Å². The Kier molecular flexibility index (Phi) is 8.44. The second-order valence-electron chi connectivity index (χ2n) is 5.38.